The molecule has 0 fully saturated rings. The van der Waals surface area contributed by atoms with Crippen LogP contribution in [0.4, 0.5) is 0 Å². The monoisotopic (exact) mass is 487 g/mol. The van der Waals surface area contributed by atoms with Crippen molar-refractivity contribution in [1.29, 1.82) is 0 Å². The minimum absolute atomic E-state index is 0.0373. The lowest BCUT2D eigenvalue weighted by atomic mass is 10.0. The first-order chi connectivity index (χ1) is 16.8. The highest BCUT2D eigenvalue weighted by Crippen LogP contribution is 2.07. The van der Waals surface area contributed by atoms with Gasteiger partial charge in [0.05, 0.1) is 12.9 Å². The van der Waals surface area contributed by atoms with E-state index in [0.717, 1.165) is 5.56 Å². The second-order valence-corrected chi connectivity index (χ2v) is 8.04. The summed E-state index contributed by atoms with van der Waals surface area (Å²) in [6.45, 7) is 0.107. The molecule has 190 valence electrons. The van der Waals surface area contributed by atoms with Crippen LogP contribution < -0.4 is 27.4 Å². The van der Waals surface area contributed by atoms with E-state index in [0.29, 0.717) is 25.1 Å². The van der Waals surface area contributed by atoms with E-state index in [9.17, 15) is 24.3 Å². The summed E-state index contributed by atoms with van der Waals surface area (Å²) in [5, 5.41) is 17.2. The first-order valence-corrected chi connectivity index (χ1v) is 11.4. The van der Waals surface area contributed by atoms with Crippen LogP contribution in [0.1, 0.15) is 30.5 Å². The van der Waals surface area contributed by atoms with Gasteiger partial charge >= 0.3 is 5.97 Å². The summed E-state index contributed by atoms with van der Waals surface area (Å²) in [5.74, 6) is -2.98. The zero-order valence-corrected chi connectivity index (χ0v) is 19.4. The molecule has 2 aromatic rings. The van der Waals surface area contributed by atoms with Crippen LogP contribution >= 0.6 is 0 Å². The Morgan fingerprint density at radius 3 is 2.14 bits per heavy atom. The Morgan fingerprint density at radius 1 is 0.914 bits per heavy atom. The van der Waals surface area contributed by atoms with Crippen LogP contribution in [0.15, 0.2) is 42.9 Å². The number of nitrogens with two attached hydrogens (primary N) is 2. The summed E-state index contributed by atoms with van der Waals surface area (Å²) in [6, 6.07) is 5.81. The predicted molar refractivity (Wildman–Crippen MR) is 128 cm³/mol. The van der Waals surface area contributed by atoms with Crippen molar-refractivity contribution in [2.45, 2.75) is 50.2 Å². The van der Waals surface area contributed by atoms with Gasteiger partial charge in [-0.05, 0) is 31.4 Å². The number of H-pyrrole nitrogens is 1. The lowest BCUT2D eigenvalue weighted by molar-refractivity contribution is -0.142. The van der Waals surface area contributed by atoms with Gasteiger partial charge in [0.15, 0.2) is 0 Å². The van der Waals surface area contributed by atoms with E-state index in [1.54, 1.807) is 12.1 Å². The molecule has 1 heterocycles. The van der Waals surface area contributed by atoms with Crippen LogP contribution in [-0.2, 0) is 32.0 Å². The molecule has 1 aromatic heterocycles. The van der Waals surface area contributed by atoms with Crippen LogP contribution in [0.3, 0.4) is 0 Å². The molecule has 0 saturated carbocycles. The van der Waals surface area contributed by atoms with Gasteiger partial charge in [0.25, 0.3) is 0 Å². The molecule has 0 aliphatic heterocycles. The quantitative estimate of drug-likeness (QED) is 0.152. The molecule has 12 heteroatoms. The van der Waals surface area contributed by atoms with Crippen LogP contribution in [0.5, 0.6) is 0 Å². The van der Waals surface area contributed by atoms with Crippen LogP contribution in [0, 0.1) is 0 Å². The Morgan fingerprint density at radius 2 is 1.57 bits per heavy atom. The number of benzene rings is 1. The minimum atomic E-state index is -1.18. The molecule has 3 unspecified atom stereocenters. The standard InChI is InChI=1S/C23H33N7O5/c24-9-5-4-8-17(23(34)35)29-22(33)19(11-16-13-26-14-27-16)30-21(32)18(28-20(31)12-25)10-15-6-2-1-3-7-15/h1-3,6-7,13-14,17-19H,4-5,8-12,24-25H2,(H,26,27)(H,28,31)(H,29,33)(H,30,32)(H,34,35). The highest BCUT2D eigenvalue weighted by molar-refractivity contribution is 5.93. The molecule has 1 aromatic carbocycles. The van der Waals surface area contributed by atoms with E-state index in [1.165, 1.54) is 12.5 Å². The Balaban J connectivity index is 2.19. The molecular weight excluding hydrogens is 454 g/mol. The maximum Gasteiger partial charge on any atom is 0.326 e. The molecule has 0 bridgehead atoms. The third kappa shape index (κ3) is 9.55. The van der Waals surface area contributed by atoms with Crippen molar-refractivity contribution in [2.75, 3.05) is 13.1 Å². The van der Waals surface area contributed by atoms with Gasteiger partial charge in [-0.3, -0.25) is 14.4 Å². The summed E-state index contributed by atoms with van der Waals surface area (Å²) < 4.78 is 0. The zero-order valence-electron chi connectivity index (χ0n) is 19.4. The SMILES string of the molecule is NCCCCC(NC(=O)C(Cc1cnc[nH]1)NC(=O)C(Cc1ccccc1)NC(=O)CN)C(=O)O. The molecule has 0 radical (unpaired) electrons. The van der Waals surface area contributed by atoms with Crippen molar-refractivity contribution in [3.05, 3.63) is 54.1 Å². The normalized spacial score (nSPS) is 13.3. The molecule has 2 rings (SSSR count). The van der Waals surface area contributed by atoms with Crippen molar-refractivity contribution in [3.8, 4) is 0 Å². The van der Waals surface area contributed by atoms with Crippen molar-refractivity contribution < 1.29 is 24.3 Å². The number of nitrogens with one attached hydrogen (secondary N) is 4. The fourth-order valence-corrected chi connectivity index (χ4v) is 3.43. The molecule has 12 nitrogen and oxygen atoms in total. The molecule has 9 N–H and O–H groups in total. The summed E-state index contributed by atoms with van der Waals surface area (Å²) in [5.41, 5.74) is 12.2. The number of aromatic nitrogens is 2. The number of carboxylic acid groups (broad SMARTS) is 1. The van der Waals surface area contributed by atoms with Gasteiger partial charge < -0.3 is 37.5 Å². The highest BCUT2D eigenvalue weighted by atomic mass is 16.4. The maximum atomic E-state index is 13.2. The third-order valence-corrected chi connectivity index (χ3v) is 5.29. The van der Waals surface area contributed by atoms with E-state index in [4.69, 9.17) is 11.5 Å². The van der Waals surface area contributed by atoms with E-state index in [1.807, 2.05) is 18.2 Å². The minimum Gasteiger partial charge on any atom is -0.480 e. The molecule has 3 amide bonds. The van der Waals surface area contributed by atoms with Crippen molar-refractivity contribution in [1.82, 2.24) is 25.9 Å². The molecule has 0 aliphatic rings. The van der Waals surface area contributed by atoms with Crippen molar-refractivity contribution >= 4 is 23.7 Å². The summed E-state index contributed by atoms with van der Waals surface area (Å²) in [7, 11) is 0. The van der Waals surface area contributed by atoms with Gasteiger partial charge in [0.1, 0.15) is 18.1 Å². The number of carboxylic acids is 1. The third-order valence-electron chi connectivity index (χ3n) is 5.29. The lowest BCUT2D eigenvalue weighted by Crippen LogP contribution is -2.57. The van der Waals surface area contributed by atoms with Gasteiger partial charge in [-0.15, -0.1) is 0 Å². The first-order valence-electron chi connectivity index (χ1n) is 11.4. The summed E-state index contributed by atoms with van der Waals surface area (Å²) in [4.78, 5) is 56.6. The van der Waals surface area contributed by atoms with E-state index >= 15 is 0 Å². The number of imidazole rings is 1. The predicted octanol–water partition coefficient (Wildman–Crippen LogP) is -1.18. The number of nitrogens with zero attached hydrogens (tertiary/aromatic N) is 1. The van der Waals surface area contributed by atoms with Gasteiger partial charge in [-0.25, -0.2) is 9.78 Å². The van der Waals surface area contributed by atoms with E-state index in [-0.39, 0.29) is 25.8 Å². The molecular formula is C23H33N7O5. The first kappa shape index (κ1) is 27.5. The Labute approximate surface area is 203 Å². The Kier molecular flexibility index (Phi) is 11.4. The number of aromatic amines is 1. The fraction of sp³-hybridized carbons (Fsp3) is 0.435. The average molecular weight is 488 g/mol. The summed E-state index contributed by atoms with van der Waals surface area (Å²) in [6.07, 6.45) is 4.49. The zero-order chi connectivity index (χ0) is 25.6. The number of carbonyl (C=O) groups excluding carboxylic acids is 3. The number of carbonyl (C=O) groups is 4. The smallest absolute Gasteiger partial charge is 0.326 e. The number of rotatable bonds is 15. The number of hydrogen-bond acceptors (Lipinski definition) is 7. The number of amides is 3. The number of unbranched alkanes of at least 4 members (excludes halogenated alkanes) is 1. The number of hydrogen-bond donors (Lipinski definition) is 7. The van der Waals surface area contributed by atoms with Crippen molar-refractivity contribution in [3.63, 3.8) is 0 Å². The number of aliphatic carboxylic acids is 1. The lowest BCUT2D eigenvalue weighted by Gasteiger charge is -2.24. The molecule has 0 saturated heterocycles. The van der Waals surface area contributed by atoms with Gasteiger partial charge in [0.2, 0.25) is 17.7 Å². The largest absolute Gasteiger partial charge is 0.480 e. The van der Waals surface area contributed by atoms with Gasteiger partial charge in [-0.1, -0.05) is 30.3 Å². The van der Waals surface area contributed by atoms with Crippen LogP contribution in [0.2, 0.25) is 0 Å². The van der Waals surface area contributed by atoms with E-state index < -0.39 is 41.8 Å². The summed E-state index contributed by atoms with van der Waals surface area (Å²) >= 11 is 0. The highest BCUT2D eigenvalue weighted by Gasteiger charge is 2.30. The second kappa shape index (κ2) is 14.5. The average Bonchev–Trinajstić information content (AvgIpc) is 3.36. The maximum absolute atomic E-state index is 13.2. The molecule has 3 atom stereocenters. The van der Waals surface area contributed by atoms with Gasteiger partial charge in [-0.2, -0.15) is 0 Å². The Hall–Kier alpha value is -3.77. The van der Waals surface area contributed by atoms with Crippen LogP contribution in [-0.4, -0.2) is 70.0 Å². The molecule has 35 heavy (non-hydrogen) atoms. The van der Waals surface area contributed by atoms with Crippen LogP contribution in [0.25, 0.3) is 0 Å². The second-order valence-electron chi connectivity index (χ2n) is 8.04. The van der Waals surface area contributed by atoms with E-state index in [2.05, 4.69) is 25.9 Å². The fourth-order valence-electron chi connectivity index (χ4n) is 3.43. The van der Waals surface area contributed by atoms with Gasteiger partial charge in [0, 0.05) is 24.7 Å². The molecule has 0 spiro atoms. The topological polar surface area (TPSA) is 205 Å². The Bertz CT molecular complexity index is 952. The van der Waals surface area contributed by atoms with Crippen molar-refractivity contribution in [2.24, 2.45) is 11.5 Å². The molecule has 0 aliphatic carbocycles.